The molecule has 3 aromatic rings. The van der Waals surface area contributed by atoms with Crippen molar-refractivity contribution in [1.82, 2.24) is 24.6 Å². The van der Waals surface area contributed by atoms with Gasteiger partial charge in [0.25, 0.3) is 11.5 Å². The first-order chi connectivity index (χ1) is 16.7. The summed E-state index contributed by atoms with van der Waals surface area (Å²) in [6, 6.07) is 7.27. The third-order valence-electron chi connectivity index (χ3n) is 5.79. The first kappa shape index (κ1) is 23.0. The van der Waals surface area contributed by atoms with Gasteiger partial charge in [0.1, 0.15) is 17.2 Å². The fourth-order valence-electron chi connectivity index (χ4n) is 4.14. The van der Waals surface area contributed by atoms with Crippen LogP contribution in [0.3, 0.4) is 0 Å². The minimum absolute atomic E-state index is 0.176. The molecule has 10 nitrogen and oxygen atoms in total. The number of morpholine rings is 1. The maximum absolute atomic E-state index is 13.3. The van der Waals surface area contributed by atoms with Gasteiger partial charge in [-0.25, -0.2) is 14.2 Å². The van der Waals surface area contributed by atoms with Gasteiger partial charge in [-0.1, -0.05) is 0 Å². The largest absolute Gasteiger partial charge is 0.444 e. The Morgan fingerprint density at radius 2 is 1.83 bits per heavy atom. The Hall–Kier alpha value is -3.73. The van der Waals surface area contributed by atoms with Crippen molar-refractivity contribution in [2.45, 2.75) is 39.5 Å². The summed E-state index contributed by atoms with van der Waals surface area (Å²) < 4.78 is 25.6. The number of benzene rings is 1. The van der Waals surface area contributed by atoms with E-state index in [-0.39, 0.29) is 23.9 Å². The number of aromatic amines is 1. The standard InChI is InChI=1S/C24H27FN6O4/c1-24(2,3)35-23(33)30-13-17-19(14-30)26-22(27-21(17)29-8-10-34-11-9-29)31-20(32)12-18(28-31)15-4-6-16(25)7-5-15/h4-7,12,28H,8-11,13-14H2,1-3H3. The summed E-state index contributed by atoms with van der Waals surface area (Å²) in [5, 5.41) is 3.03. The molecule has 2 aromatic heterocycles. The van der Waals surface area contributed by atoms with Crippen molar-refractivity contribution < 1.29 is 18.7 Å². The Bertz CT molecular complexity index is 1310. The predicted octanol–water partition coefficient (Wildman–Crippen LogP) is 2.85. The van der Waals surface area contributed by atoms with Crippen molar-refractivity contribution in [1.29, 1.82) is 0 Å². The molecule has 184 valence electrons. The zero-order valence-electron chi connectivity index (χ0n) is 19.9. The number of ether oxygens (including phenoxy) is 2. The highest BCUT2D eigenvalue weighted by molar-refractivity contribution is 5.70. The molecular formula is C24H27FN6O4. The number of hydrogen-bond donors (Lipinski definition) is 1. The van der Waals surface area contributed by atoms with Crippen molar-refractivity contribution in [3.63, 3.8) is 0 Å². The van der Waals surface area contributed by atoms with Crippen LogP contribution in [-0.4, -0.2) is 62.6 Å². The molecule has 1 saturated heterocycles. The van der Waals surface area contributed by atoms with Crippen LogP contribution in [0.25, 0.3) is 17.2 Å². The molecule has 1 fully saturated rings. The monoisotopic (exact) mass is 482 g/mol. The minimum atomic E-state index is -0.621. The molecule has 2 aliphatic heterocycles. The van der Waals surface area contributed by atoms with E-state index in [0.717, 1.165) is 5.56 Å². The molecule has 4 heterocycles. The number of nitrogens with one attached hydrogen (secondary N) is 1. The van der Waals surface area contributed by atoms with E-state index in [4.69, 9.17) is 14.5 Å². The predicted molar refractivity (Wildman–Crippen MR) is 126 cm³/mol. The summed E-state index contributed by atoms with van der Waals surface area (Å²) in [4.78, 5) is 38.7. The van der Waals surface area contributed by atoms with Crippen LogP contribution in [0.1, 0.15) is 32.0 Å². The fourth-order valence-corrected chi connectivity index (χ4v) is 4.14. The van der Waals surface area contributed by atoms with Gasteiger partial charge in [0.05, 0.1) is 37.7 Å². The molecule has 0 spiro atoms. The van der Waals surface area contributed by atoms with E-state index in [9.17, 15) is 14.0 Å². The third-order valence-corrected chi connectivity index (χ3v) is 5.79. The zero-order chi connectivity index (χ0) is 24.7. The summed E-state index contributed by atoms with van der Waals surface area (Å²) in [7, 11) is 0. The maximum atomic E-state index is 13.3. The topological polar surface area (TPSA) is 106 Å². The van der Waals surface area contributed by atoms with Crippen LogP contribution < -0.4 is 10.5 Å². The van der Waals surface area contributed by atoms with E-state index in [1.165, 1.54) is 22.9 Å². The Morgan fingerprint density at radius 3 is 2.51 bits per heavy atom. The van der Waals surface area contributed by atoms with E-state index >= 15 is 0 Å². The zero-order valence-corrected chi connectivity index (χ0v) is 19.9. The van der Waals surface area contributed by atoms with Crippen LogP contribution >= 0.6 is 0 Å². The highest BCUT2D eigenvalue weighted by atomic mass is 19.1. The van der Waals surface area contributed by atoms with E-state index in [1.807, 2.05) is 20.8 Å². The number of carbonyl (C=O) groups excluding carboxylic acids is 1. The third kappa shape index (κ3) is 4.76. The van der Waals surface area contributed by atoms with Crippen molar-refractivity contribution in [3.8, 4) is 17.2 Å². The van der Waals surface area contributed by atoms with Gasteiger partial charge in [0.2, 0.25) is 0 Å². The van der Waals surface area contributed by atoms with Gasteiger partial charge in [-0.2, -0.15) is 9.67 Å². The molecule has 0 aliphatic carbocycles. The Kier molecular flexibility index (Phi) is 5.79. The van der Waals surface area contributed by atoms with Crippen LogP contribution in [0.4, 0.5) is 15.0 Å². The summed E-state index contributed by atoms with van der Waals surface area (Å²) in [5.41, 5.74) is 1.70. The van der Waals surface area contributed by atoms with Gasteiger partial charge >= 0.3 is 6.09 Å². The quantitative estimate of drug-likeness (QED) is 0.612. The number of anilines is 1. The molecule has 1 amide bonds. The van der Waals surface area contributed by atoms with Gasteiger partial charge in [-0.05, 0) is 50.6 Å². The number of carbonyl (C=O) groups is 1. The van der Waals surface area contributed by atoms with Crippen LogP contribution in [0.2, 0.25) is 0 Å². The van der Waals surface area contributed by atoms with Gasteiger partial charge in [0, 0.05) is 24.7 Å². The molecular weight excluding hydrogens is 455 g/mol. The average molecular weight is 483 g/mol. The number of hydrogen-bond acceptors (Lipinski definition) is 7. The SMILES string of the molecule is CC(C)(C)OC(=O)N1Cc2nc(-n3[nH]c(-c4ccc(F)cc4)cc3=O)nc(N3CCOCC3)c2C1. The molecule has 0 unspecified atom stereocenters. The van der Waals surface area contributed by atoms with Crippen LogP contribution in [0.5, 0.6) is 0 Å². The molecule has 35 heavy (non-hydrogen) atoms. The number of amides is 1. The van der Waals surface area contributed by atoms with Crippen molar-refractivity contribution in [2.24, 2.45) is 0 Å². The molecule has 0 atom stereocenters. The lowest BCUT2D eigenvalue weighted by Crippen LogP contribution is -2.38. The van der Waals surface area contributed by atoms with Gasteiger partial charge in [0.15, 0.2) is 0 Å². The lowest BCUT2D eigenvalue weighted by Gasteiger charge is -2.29. The molecule has 0 saturated carbocycles. The first-order valence-corrected chi connectivity index (χ1v) is 11.5. The van der Waals surface area contributed by atoms with Crippen molar-refractivity contribution >= 4 is 11.9 Å². The number of halogens is 1. The second-order valence-corrected chi connectivity index (χ2v) is 9.56. The molecule has 0 bridgehead atoms. The second-order valence-electron chi connectivity index (χ2n) is 9.56. The Balaban J connectivity index is 1.53. The van der Waals surface area contributed by atoms with Crippen LogP contribution in [0, 0.1) is 5.82 Å². The van der Waals surface area contributed by atoms with Gasteiger partial charge < -0.3 is 14.4 Å². The number of aromatic nitrogens is 4. The fraction of sp³-hybridized carbons (Fsp3) is 0.417. The maximum Gasteiger partial charge on any atom is 0.410 e. The molecule has 0 radical (unpaired) electrons. The number of fused-ring (bicyclic) bond motifs is 1. The normalized spacial score (nSPS) is 15.9. The Morgan fingerprint density at radius 1 is 1.11 bits per heavy atom. The first-order valence-electron chi connectivity index (χ1n) is 11.5. The average Bonchev–Trinajstić information content (AvgIpc) is 3.42. The molecule has 2 aliphatic rings. The molecule has 1 aromatic carbocycles. The van der Waals surface area contributed by atoms with Crippen molar-refractivity contribution in [2.75, 3.05) is 31.2 Å². The number of nitrogens with zero attached hydrogens (tertiary/aromatic N) is 5. The molecule has 1 N–H and O–H groups in total. The minimum Gasteiger partial charge on any atom is -0.444 e. The number of H-pyrrole nitrogens is 1. The highest BCUT2D eigenvalue weighted by Gasteiger charge is 2.33. The van der Waals surface area contributed by atoms with Gasteiger partial charge in [-0.15, -0.1) is 0 Å². The van der Waals surface area contributed by atoms with Crippen molar-refractivity contribution in [3.05, 3.63) is 57.8 Å². The van der Waals surface area contributed by atoms with Crippen LogP contribution in [-0.2, 0) is 22.6 Å². The molecule has 11 heteroatoms. The lowest BCUT2D eigenvalue weighted by molar-refractivity contribution is 0.0240. The summed E-state index contributed by atoms with van der Waals surface area (Å²) in [6.07, 6.45) is -0.430. The lowest BCUT2D eigenvalue weighted by atomic mass is 10.1. The summed E-state index contributed by atoms with van der Waals surface area (Å²) in [6.45, 7) is 8.41. The smallest absolute Gasteiger partial charge is 0.410 e. The highest BCUT2D eigenvalue weighted by Crippen LogP contribution is 2.31. The summed E-state index contributed by atoms with van der Waals surface area (Å²) >= 11 is 0. The van der Waals surface area contributed by atoms with E-state index in [0.29, 0.717) is 55.6 Å². The van der Waals surface area contributed by atoms with E-state index in [2.05, 4.69) is 15.0 Å². The Labute approximate surface area is 201 Å². The second kappa shape index (κ2) is 8.81. The molecule has 5 rings (SSSR count). The van der Waals surface area contributed by atoms with Gasteiger partial charge in [-0.3, -0.25) is 14.8 Å². The van der Waals surface area contributed by atoms with E-state index < -0.39 is 11.7 Å². The summed E-state index contributed by atoms with van der Waals surface area (Å²) in [5.74, 6) is 0.487. The van der Waals surface area contributed by atoms with Crippen LogP contribution in [0.15, 0.2) is 35.1 Å². The number of rotatable bonds is 3. The van der Waals surface area contributed by atoms with E-state index in [1.54, 1.807) is 17.0 Å².